The molecule has 1 aromatic heterocycles. The van der Waals surface area contributed by atoms with Crippen LogP contribution in [0.5, 0.6) is 0 Å². The van der Waals surface area contributed by atoms with Crippen LogP contribution in [0.4, 0.5) is 0 Å². The van der Waals surface area contributed by atoms with Gasteiger partial charge in [-0.15, -0.1) is 0 Å². The number of aliphatic carboxylic acids is 1. The summed E-state index contributed by atoms with van der Waals surface area (Å²) in [7, 11) is 0. The minimum Gasteiger partial charge on any atom is -0.481 e. The highest BCUT2D eigenvalue weighted by atomic mass is 16.5. The average Bonchev–Trinajstić information content (AvgIpc) is 3.03. The third-order valence-corrected chi connectivity index (χ3v) is 3.02. The predicted octanol–water partition coefficient (Wildman–Crippen LogP) is 0.929. The van der Waals surface area contributed by atoms with E-state index in [1.165, 1.54) is 6.26 Å². The average molecular weight is 252 g/mol. The van der Waals surface area contributed by atoms with Gasteiger partial charge in [-0.05, 0) is 12.8 Å². The Morgan fingerprint density at radius 3 is 2.83 bits per heavy atom. The largest absolute Gasteiger partial charge is 0.481 e. The van der Waals surface area contributed by atoms with Gasteiger partial charge in [-0.25, -0.2) is 0 Å². The van der Waals surface area contributed by atoms with Gasteiger partial charge < -0.3 is 14.5 Å². The quantitative estimate of drug-likeness (QED) is 0.814. The van der Waals surface area contributed by atoms with Crippen LogP contribution in [0, 0.1) is 5.92 Å². The second-order valence-corrected chi connectivity index (χ2v) is 4.68. The molecule has 0 aliphatic heterocycles. The molecule has 0 radical (unpaired) electrons. The Hall–Kier alpha value is -1.85. The zero-order valence-corrected chi connectivity index (χ0v) is 10.2. The van der Waals surface area contributed by atoms with Gasteiger partial charge in [0.05, 0.1) is 18.0 Å². The topological polar surface area (TPSA) is 83.6 Å². The Morgan fingerprint density at radius 1 is 1.61 bits per heavy atom. The van der Waals surface area contributed by atoms with Crippen molar-refractivity contribution in [1.29, 1.82) is 0 Å². The van der Waals surface area contributed by atoms with Gasteiger partial charge in [0.2, 0.25) is 5.91 Å². The minimum atomic E-state index is -0.880. The summed E-state index contributed by atoms with van der Waals surface area (Å²) in [5.41, 5.74) is 0.577. The van der Waals surface area contributed by atoms with E-state index in [1.54, 1.807) is 17.9 Å². The highest BCUT2D eigenvalue weighted by Gasteiger charge is 2.34. The van der Waals surface area contributed by atoms with Gasteiger partial charge in [0, 0.05) is 18.7 Å². The number of carboxylic acid groups (broad SMARTS) is 1. The molecule has 0 bridgehead atoms. The molecule has 1 N–H and O–H groups in total. The summed E-state index contributed by atoms with van der Waals surface area (Å²) < 4.78 is 4.68. The lowest BCUT2D eigenvalue weighted by molar-refractivity contribution is -0.143. The fraction of sp³-hybridized carbons (Fsp3) is 0.583. The second kappa shape index (κ2) is 5.20. The lowest BCUT2D eigenvalue weighted by Gasteiger charge is -2.24. The summed E-state index contributed by atoms with van der Waals surface area (Å²) in [5.74, 6) is -1.51. The van der Waals surface area contributed by atoms with E-state index in [0.29, 0.717) is 5.69 Å². The van der Waals surface area contributed by atoms with Crippen molar-refractivity contribution >= 4 is 11.9 Å². The second-order valence-electron chi connectivity index (χ2n) is 4.68. The normalized spacial score (nSPS) is 16.3. The van der Waals surface area contributed by atoms with Crippen LogP contribution in [-0.2, 0) is 16.0 Å². The van der Waals surface area contributed by atoms with Crippen LogP contribution < -0.4 is 0 Å². The molecular weight excluding hydrogens is 236 g/mol. The Labute approximate surface area is 105 Å². The molecule has 0 spiro atoms. The first-order valence-corrected chi connectivity index (χ1v) is 5.99. The molecule has 1 aliphatic carbocycles. The van der Waals surface area contributed by atoms with Crippen LogP contribution in [0.1, 0.15) is 25.5 Å². The lowest BCUT2D eigenvalue weighted by atomic mass is 10.1. The number of rotatable bonds is 6. The molecule has 2 rings (SSSR count). The molecule has 1 amide bonds. The van der Waals surface area contributed by atoms with Gasteiger partial charge in [-0.2, -0.15) is 0 Å². The van der Waals surface area contributed by atoms with Gasteiger partial charge >= 0.3 is 5.97 Å². The highest BCUT2D eigenvalue weighted by Crippen LogP contribution is 2.28. The van der Waals surface area contributed by atoms with Crippen molar-refractivity contribution < 1.29 is 19.2 Å². The van der Waals surface area contributed by atoms with Crippen molar-refractivity contribution in [2.75, 3.05) is 6.54 Å². The maximum atomic E-state index is 12.1. The maximum absolute atomic E-state index is 12.1. The van der Waals surface area contributed by atoms with Crippen LogP contribution in [0.3, 0.4) is 0 Å². The molecule has 1 saturated carbocycles. The third kappa shape index (κ3) is 3.09. The summed E-state index contributed by atoms with van der Waals surface area (Å²) in [5, 5.41) is 12.6. The molecule has 98 valence electrons. The molecule has 6 nitrogen and oxygen atoms in total. The van der Waals surface area contributed by atoms with Crippen molar-refractivity contribution in [1.82, 2.24) is 10.1 Å². The van der Waals surface area contributed by atoms with Gasteiger partial charge in [-0.3, -0.25) is 9.59 Å². The van der Waals surface area contributed by atoms with E-state index < -0.39 is 11.9 Å². The Kier molecular flexibility index (Phi) is 3.64. The SMILES string of the molecule is CC(CN(C(=O)Cc1ccon1)C1CC1)C(=O)O. The van der Waals surface area contributed by atoms with Crippen LogP contribution in [-0.4, -0.2) is 39.6 Å². The van der Waals surface area contributed by atoms with Crippen molar-refractivity contribution in [2.45, 2.75) is 32.2 Å². The number of hydrogen-bond acceptors (Lipinski definition) is 4. The Bertz CT molecular complexity index is 425. The van der Waals surface area contributed by atoms with E-state index in [0.717, 1.165) is 12.8 Å². The minimum absolute atomic E-state index is 0.0838. The van der Waals surface area contributed by atoms with Gasteiger partial charge in [0.25, 0.3) is 0 Å². The number of aromatic nitrogens is 1. The van der Waals surface area contributed by atoms with Crippen LogP contribution in [0.15, 0.2) is 16.9 Å². The molecule has 1 aromatic rings. The Morgan fingerprint density at radius 2 is 2.33 bits per heavy atom. The zero-order chi connectivity index (χ0) is 13.1. The molecule has 1 atom stereocenters. The monoisotopic (exact) mass is 252 g/mol. The standard InChI is InChI=1S/C12H16N2O4/c1-8(12(16)17)7-14(10-2-3-10)11(15)6-9-4-5-18-13-9/h4-5,8,10H,2-3,6-7H2,1H3,(H,16,17). The molecule has 0 saturated heterocycles. The fourth-order valence-electron chi connectivity index (χ4n) is 1.80. The number of nitrogens with zero attached hydrogens (tertiary/aromatic N) is 2. The first-order valence-electron chi connectivity index (χ1n) is 5.99. The van der Waals surface area contributed by atoms with Gasteiger partial charge in [-0.1, -0.05) is 12.1 Å². The van der Waals surface area contributed by atoms with Gasteiger partial charge in [0.1, 0.15) is 6.26 Å². The molecule has 0 aromatic carbocycles. The van der Waals surface area contributed by atoms with E-state index in [1.807, 2.05) is 0 Å². The molecule has 18 heavy (non-hydrogen) atoms. The molecule has 6 heteroatoms. The number of carbonyl (C=O) groups is 2. The van der Waals surface area contributed by atoms with Crippen LogP contribution in [0.2, 0.25) is 0 Å². The van der Waals surface area contributed by atoms with Crippen LogP contribution >= 0.6 is 0 Å². The summed E-state index contributed by atoms with van der Waals surface area (Å²) in [6.45, 7) is 1.87. The number of amides is 1. The van der Waals surface area contributed by atoms with E-state index in [9.17, 15) is 9.59 Å². The number of hydrogen-bond donors (Lipinski definition) is 1. The summed E-state index contributed by atoms with van der Waals surface area (Å²) >= 11 is 0. The van der Waals surface area contributed by atoms with Crippen molar-refractivity contribution in [3.63, 3.8) is 0 Å². The van der Waals surface area contributed by atoms with Gasteiger partial charge in [0.15, 0.2) is 0 Å². The first kappa shape index (κ1) is 12.6. The van der Waals surface area contributed by atoms with E-state index in [4.69, 9.17) is 5.11 Å². The van der Waals surface area contributed by atoms with Crippen molar-refractivity contribution in [2.24, 2.45) is 5.92 Å². The van der Waals surface area contributed by atoms with E-state index >= 15 is 0 Å². The summed E-state index contributed by atoms with van der Waals surface area (Å²) in [4.78, 5) is 24.6. The van der Waals surface area contributed by atoms with Crippen molar-refractivity contribution in [3.8, 4) is 0 Å². The predicted molar refractivity (Wildman–Crippen MR) is 61.7 cm³/mol. The zero-order valence-electron chi connectivity index (χ0n) is 10.2. The molecule has 1 heterocycles. The smallest absolute Gasteiger partial charge is 0.308 e. The Balaban J connectivity index is 1.96. The number of carboxylic acids is 1. The highest BCUT2D eigenvalue weighted by molar-refractivity contribution is 5.80. The third-order valence-electron chi connectivity index (χ3n) is 3.02. The molecule has 1 aliphatic rings. The maximum Gasteiger partial charge on any atom is 0.308 e. The number of carbonyl (C=O) groups excluding carboxylic acids is 1. The van der Waals surface area contributed by atoms with Crippen molar-refractivity contribution in [3.05, 3.63) is 18.0 Å². The molecule has 1 fully saturated rings. The molecular formula is C12H16N2O4. The summed E-state index contributed by atoms with van der Waals surface area (Å²) in [6.07, 6.45) is 3.50. The fourth-order valence-corrected chi connectivity index (χ4v) is 1.80. The van der Waals surface area contributed by atoms with E-state index in [-0.39, 0.29) is 24.9 Å². The molecule has 1 unspecified atom stereocenters. The first-order chi connectivity index (χ1) is 8.58. The summed E-state index contributed by atoms with van der Waals surface area (Å²) in [6, 6.07) is 1.84. The van der Waals surface area contributed by atoms with Crippen LogP contribution in [0.25, 0.3) is 0 Å². The van der Waals surface area contributed by atoms with E-state index in [2.05, 4.69) is 9.68 Å². The lowest BCUT2D eigenvalue weighted by Crippen LogP contribution is -2.39.